The lowest BCUT2D eigenvalue weighted by atomic mass is 10.1. The maximum absolute atomic E-state index is 2.50. The summed E-state index contributed by atoms with van der Waals surface area (Å²) in [7, 11) is -2.47. The largest absolute Gasteiger partial charge is 0.310 e. The van der Waals surface area contributed by atoms with Gasteiger partial charge in [0, 0.05) is 16.8 Å². The summed E-state index contributed by atoms with van der Waals surface area (Å²) < 4.78 is 0. The average molecular weight is 580 g/mol. The van der Waals surface area contributed by atoms with Crippen molar-refractivity contribution in [2.75, 3.05) is 4.90 Å². The number of rotatable bonds is 8. The van der Waals surface area contributed by atoms with Gasteiger partial charge in [0.1, 0.15) is 0 Å². The van der Waals surface area contributed by atoms with Crippen LogP contribution >= 0.6 is 0 Å². The summed E-state index contributed by atoms with van der Waals surface area (Å²) >= 11 is 0. The van der Waals surface area contributed by atoms with Gasteiger partial charge in [-0.1, -0.05) is 170 Å². The Bertz CT molecular complexity index is 1880. The number of anilines is 3. The summed E-state index contributed by atoms with van der Waals surface area (Å²) in [4.78, 5) is 2.35. The third kappa shape index (κ3) is 5.28. The summed E-state index contributed by atoms with van der Waals surface area (Å²) in [5, 5.41) is 6.58. The Hall–Kier alpha value is -5.44. The first-order valence-electron chi connectivity index (χ1n) is 15.1. The molecule has 210 valence electrons. The van der Waals surface area contributed by atoms with Gasteiger partial charge < -0.3 is 4.90 Å². The zero-order valence-electron chi connectivity index (χ0n) is 24.5. The quantitative estimate of drug-likeness (QED) is 0.128. The topological polar surface area (TPSA) is 3.24 Å². The van der Waals surface area contributed by atoms with Crippen molar-refractivity contribution < 1.29 is 0 Å². The second kappa shape index (κ2) is 12.4. The van der Waals surface area contributed by atoms with Crippen LogP contribution in [-0.4, -0.2) is 8.07 Å². The molecule has 0 fully saturated rings. The highest BCUT2D eigenvalue weighted by molar-refractivity contribution is 7.15. The summed E-state index contributed by atoms with van der Waals surface area (Å²) in [6.45, 7) is 0. The molecule has 0 aliphatic carbocycles. The van der Waals surface area contributed by atoms with Crippen LogP contribution in [0.25, 0.3) is 16.8 Å². The molecule has 0 aromatic heterocycles. The van der Waals surface area contributed by atoms with Crippen molar-refractivity contribution in [3.8, 4) is 0 Å². The third-order valence-electron chi connectivity index (χ3n) is 8.39. The molecule has 0 saturated carbocycles. The second-order valence-electron chi connectivity index (χ2n) is 11.0. The molecule has 44 heavy (non-hydrogen) atoms. The van der Waals surface area contributed by atoms with Gasteiger partial charge >= 0.3 is 0 Å². The molecule has 0 radical (unpaired) electrons. The van der Waals surface area contributed by atoms with Crippen molar-refractivity contribution in [1.82, 2.24) is 0 Å². The van der Waals surface area contributed by atoms with Crippen LogP contribution < -0.4 is 20.5 Å². The van der Waals surface area contributed by atoms with E-state index in [0.29, 0.717) is 0 Å². The summed E-state index contributed by atoms with van der Waals surface area (Å²) in [6.07, 6.45) is 2.33. The predicted octanol–water partition coefficient (Wildman–Crippen LogP) is 9.03. The molecule has 0 saturated heterocycles. The summed E-state index contributed by atoms with van der Waals surface area (Å²) in [6, 6.07) is 67.8. The maximum atomic E-state index is 2.50. The minimum absolute atomic E-state index is 1.13. The first-order valence-corrected chi connectivity index (χ1v) is 17.2. The summed E-state index contributed by atoms with van der Waals surface area (Å²) in [5.41, 5.74) is 7.11. The molecule has 7 aromatic rings. The first kappa shape index (κ1) is 27.4. The van der Waals surface area contributed by atoms with Gasteiger partial charge in [0.15, 0.2) is 8.07 Å². The van der Waals surface area contributed by atoms with E-state index in [9.17, 15) is 0 Å². The van der Waals surface area contributed by atoms with E-state index in [0.717, 1.165) is 11.4 Å². The fraction of sp³-hybridized carbons (Fsp3) is 0. The van der Waals surface area contributed by atoms with E-state index in [4.69, 9.17) is 0 Å². The zero-order valence-corrected chi connectivity index (χ0v) is 25.5. The van der Waals surface area contributed by atoms with E-state index < -0.39 is 8.07 Å². The third-order valence-corrected chi connectivity index (χ3v) is 12.8. The van der Waals surface area contributed by atoms with E-state index in [-0.39, 0.29) is 0 Å². The fourth-order valence-electron chi connectivity index (χ4n) is 6.26. The Balaban J connectivity index is 1.33. The van der Waals surface area contributed by atoms with Crippen molar-refractivity contribution in [3.63, 3.8) is 0 Å². The zero-order chi connectivity index (χ0) is 29.6. The highest BCUT2D eigenvalue weighted by Crippen LogP contribution is 2.38. The first-order chi connectivity index (χ1) is 21.8. The molecule has 7 rings (SSSR count). The molecule has 0 aliphatic heterocycles. The van der Waals surface area contributed by atoms with Gasteiger partial charge in [0.2, 0.25) is 0 Å². The highest BCUT2D eigenvalue weighted by Gasteiger charge is 2.36. The van der Waals surface area contributed by atoms with Crippen LogP contribution in [0.4, 0.5) is 17.1 Å². The van der Waals surface area contributed by atoms with Crippen LogP contribution in [0.2, 0.25) is 0 Å². The van der Waals surface area contributed by atoms with Crippen LogP contribution in [-0.2, 0) is 0 Å². The molecular weight excluding hydrogens is 547 g/mol. The van der Waals surface area contributed by atoms with Gasteiger partial charge in [-0.15, -0.1) is 0 Å². The number of benzene rings is 7. The molecule has 0 amide bonds. The van der Waals surface area contributed by atoms with Crippen LogP contribution in [0.15, 0.2) is 194 Å². The lowest BCUT2D eigenvalue weighted by molar-refractivity contribution is 1.30. The van der Waals surface area contributed by atoms with Crippen LogP contribution in [0.1, 0.15) is 5.56 Å². The van der Waals surface area contributed by atoms with Crippen molar-refractivity contribution >= 4 is 57.5 Å². The highest BCUT2D eigenvalue weighted by atomic mass is 28.3. The molecule has 2 heteroatoms. The minimum Gasteiger partial charge on any atom is -0.310 e. The lowest BCUT2D eigenvalue weighted by Crippen LogP contribution is -2.66. The molecular formula is C42H33NSi. The van der Waals surface area contributed by atoms with E-state index in [2.05, 4.69) is 205 Å². The fourth-order valence-corrected chi connectivity index (χ4v) is 10.4. The number of fused-ring (bicyclic) bond motifs is 1. The van der Waals surface area contributed by atoms with Crippen LogP contribution in [0, 0.1) is 0 Å². The Morgan fingerprint density at radius 1 is 0.386 bits per heavy atom. The number of nitrogens with zero attached hydrogens (tertiary/aromatic N) is 1. The van der Waals surface area contributed by atoms with E-state index in [1.807, 2.05) is 0 Å². The molecule has 0 atom stereocenters. The monoisotopic (exact) mass is 579 g/mol. The Morgan fingerprint density at radius 2 is 0.841 bits per heavy atom. The Kier molecular flexibility index (Phi) is 7.74. The molecule has 1 nitrogen and oxygen atoms in total. The SMILES string of the molecule is C(=C[Si](c1ccccc1)(c1ccccc1)c1ccccc1)c1ccc(N(c2ccccc2)c2cccc3ccccc23)cc1. The van der Waals surface area contributed by atoms with Crippen molar-refractivity contribution in [2.45, 2.75) is 0 Å². The average Bonchev–Trinajstić information content (AvgIpc) is 3.11. The van der Waals surface area contributed by atoms with Crippen LogP contribution in [0.5, 0.6) is 0 Å². The van der Waals surface area contributed by atoms with Crippen LogP contribution in [0.3, 0.4) is 0 Å². The molecule has 0 heterocycles. The van der Waals surface area contributed by atoms with Gasteiger partial charge in [-0.25, -0.2) is 0 Å². The molecule has 0 unspecified atom stereocenters. The number of hydrogen-bond donors (Lipinski definition) is 0. The minimum atomic E-state index is -2.47. The standard InChI is InChI=1S/C42H33NSi/c1-5-18-36(19-6-1)43(42-27-15-17-35-16-13-14-26-41(35)42)37-30-28-34(29-31-37)32-33-44(38-20-7-2-8-21-38,39-22-9-3-10-23-39)40-24-11-4-12-25-40/h1-33H. The maximum Gasteiger partial charge on any atom is 0.172 e. The number of hydrogen-bond acceptors (Lipinski definition) is 1. The van der Waals surface area contributed by atoms with E-state index in [1.165, 1.54) is 37.6 Å². The van der Waals surface area contributed by atoms with Gasteiger partial charge in [0.05, 0.1) is 5.69 Å². The predicted molar refractivity (Wildman–Crippen MR) is 192 cm³/mol. The Morgan fingerprint density at radius 3 is 1.41 bits per heavy atom. The van der Waals surface area contributed by atoms with Gasteiger partial charge in [-0.2, -0.15) is 0 Å². The molecule has 0 bridgehead atoms. The van der Waals surface area contributed by atoms with Gasteiger partial charge in [0.25, 0.3) is 0 Å². The van der Waals surface area contributed by atoms with Gasteiger partial charge in [-0.05, 0) is 56.8 Å². The summed E-state index contributed by atoms with van der Waals surface area (Å²) in [5.74, 6) is 0. The molecule has 0 N–H and O–H groups in total. The molecule has 0 spiro atoms. The van der Waals surface area contributed by atoms with Crippen molar-refractivity contribution in [2.24, 2.45) is 0 Å². The smallest absolute Gasteiger partial charge is 0.172 e. The van der Waals surface area contributed by atoms with Crippen molar-refractivity contribution in [1.29, 1.82) is 0 Å². The molecule has 7 aromatic carbocycles. The normalized spacial score (nSPS) is 11.5. The lowest BCUT2D eigenvalue weighted by Gasteiger charge is -2.31. The second-order valence-corrected chi connectivity index (χ2v) is 14.7. The van der Waals surface area contributed by atoms with E-state index >= 15 is 0 Å². The Labute approximate surface area is 261 Å². The van der Waals surface area contributed by atoms with Gasteiger partial charge in [-0.3, -0.25) is 0 Å². The number of para-hydroxylation sites is 1. The van der Waals surface area contributed by atoms with Crippen molar-refractivity contribution in [3.05, 3.63) is 199 Å². The molecule has 0 aliphatic rings. The van der Waals surface area contributed by atoms with E-state index in [1.54, 1.807) is 0 Å².